The van der Waals surface area contributed by atoms with Crippen LogP contribution in [0.3, 0.4) is 0 Å². The van der Waals surface area contributed by atoms with Crippen molar-refractivity contribution in [3.05, 3.63) is 50.8 Å². The van der Waals surface area contributed by atoms with Gasteiger partial charge in [-0.15, -0.1) is 11.3 Å². The molecule has 1 aromatic carbocycles. The topological polar surface area (TPSA) is 74.8 Å². The smallest absolute Gasteiger partial charge is 0.269 e. The summed E-state index contributed by atoms with van der Waals surface area (Å²) in [4.78, 5) is 30.5. The second-order valence-corrected chi connectivity index (χ2v) is 6.78. The zero-order valence-corrected chi connectivity index (χ0v) is 13.8. The molecule has 3 rings (SSSR count). The molecule has 0 aliphatic heterocycles. The summed E-state index contributed by atoms with van der Waals surface area (Å²) in [7, 11) is 0. The third-order valence-electron chi connectivity index (χ3n) is 2.84. The average Bonchev–Trinajstić information content (AvgIpc) is 2.97. The maximum atomic E-state index is 13.6. The van der Waals surface area contributed by atoms with Crippen LogP contribution in [-0.4, -0.2) is 21.6 Å². The van der Waals surface area contributed by atoms with Crippen LogP contribution in [0.1, 0.15) is 0 Å². The molecule has 0 bridgehead atoms. The number of anilines is 1. The largest absolute Gasteiger partial charge is 0.323 e. The van der Waals surface area contributed by atoms with Crippen LogP contribution in [0.2, 0.25) is 5.02 Å². The number of fused-ring (bicyclic) bond motifs is 1. The van der Waals surface area contributed by atoms with E-state index in [1.165, 1.54) is 23.5 Å². The number of halogens is 2. The van der Waals surface area contributed by atoms with Crippen LogP contribution in [0.25, 0.3) is 10.2 Å². The summed E-state index contributed by atoms with van der Waals surface area (Å²) in [5.74, 6) is -1.04. The van der Waals surface area contributed by atoms with Gasteiger partial charge in [-0.2, -0.15) is 0 Å². The van der Waals surface area contributed by atoms with Gasteiger partial charge < -0.3 is 10.3 Å². The minimum atomic E-state index is -0.609. The Morgan fingerprint density at radius 3 is 3.04 bits per heavy atom. The van der Waals surface area contributed by atoms with E-state index in [1.807, 2.05) is 0 Å². The lowest BCUT2D eigenvalue weighted by Gasteiger charge is -2.06. The number of hydrogen-bond donors (Lipinski definition) is 2. The Balaban J connectivity index is 1.67. The van der Waals surface area contributed by atoms with Crippen LogP contribution in [0, 0.1) is 5.82 Å². The normalized spacial score (nSPS) is 10.9. The molecule has 2 N–H and O–H groups in total. The summed E-state index contributed by atoms with van der Waals surface area (Å²) in [6.45, 7) is 0. The molecule has 0 saturated heterocycles. The lowest BCUT2D eigenvalue weighted by Crippen LogP contribution is -2.16. The quantitative estimate of drug-likeness (QED) is 0.545. The van der Waals surface area contributed by atoms with Crippen molar-refractivity contribution >= 4 is 56.5 Å². The molecule has 3 aromatic rings. The van der Waals surface area contributed by atoms with Crippen molar-refractivity contribution in [2.75, 3.05) is 11.1 Å². The molecule has 118 valence electrons. The molecule has 0 atom stereocenters. The second-order valence-electron chi connectivity index (χ2n) is 4.47. The van der Waals surface area contributed by atoms with Gasteiger partial charge in [0.2, 0.25) is 5.91 Å². The number of aromatic amines is 1. The number of aromatic nitrogens is 2. The molecule has 0 aliphatic carbocycles. The first-order valence-electron chi connectivity index (χ1n) is 6.38. The van der Waals surface area contributed by atoms with Gasteiger partial charge in [0.05, 0.1) is 17.0 Å². The van der Waals surface area contributed by atoms with E-state index in [2.05, 4.69) is 15.3 Å². The predicted octanol–water partition coefficient (Wildman–Crippen LogP) is 3.51. The van der Waals surface area contributed by atoms with Gasteiger partial charge in [0, 0.05) is 5.02 Å². The van der Waals surface area contributed by atoms with Gasteiger partial charge in [-0.3, -0.25) is 9.59 Å². The van der Waals surface area contributed by atoms with Crippen molar-refractivity contribution in [2.24, 2.45) is 0 Å². The van der Waals surface area contributed by atoms with E-state index in [-0.39, 0.29) is 22.0 Å². The molecule has 2 heterocycles. The van der Waals surface area contributed by atoms with Crippen LogP contribution in [0.15, 0.2) is 39.6 Å². The van der Waals surface area contributed by atoms with Crippen LogP contribution >= 0.6 is 34.7 Å². The zero-order chi connectivity index (χ0) is 16.4. The molecule has 1 amide bonds. The maximum absolute atomic E-state index is 13.6. The summed E-state index contributed by atoms with van der Waals surface area (Å²) in [5.41, 5.74) is 0.400. The van der Waals surface area contributed by atoms with Crippen molar-refractivity contribution in [1.82, 2.24) is 9.97 Å². The van der Waals surface area contributed by atoms with Crippen molar-refractivity contribution in [1.29, 1.82) is 0 Å². The molecular formula is C14H9ClFN3O2S2. The lowest BCUT2D eigenvalue weighted by molar-refractivity contribution is -0.113. The summed E-state index contributed by atoms with van der Waals surface area (Å²) >= 11 is 8.02. The third-order valence-corrected chi connectivity index (χ3v) is 4.85. The Morgan fingerprint density at radius 2 is 2.26 bits per heavy atom. The number of amides is 1. The molecule has 5 nitrogen and oxygen atoms in total. The molecule has 2 aromatic heterocycles. The van der Waals surface area contributed by atoms with E-state index >= 15 is 0 Å². The zero-order valence-electron chi connectivity index (χ0n) is 11.4. The summed E-state index contributed by atoms with van der Waals surface area (Å²) in [6, 6.07) is 5.73. The van der Waals surface area contributed by atoms with Gasteiger partial charge >= 0.3 is 0 Å². The number of thioether (sulfide) groups is 1. The standard InChI is InChI=1S/C14H9ClFN3O2S2/c15-7-1-2-9(8(16)5-7)17-11(20)6-23-14-18-10-3-4-22-12(10)13(21)19-14/h1-5H,6H2,(H,17,20)(H,18,19,21). The molecule has 0 aliphatic rings. The summed E-state index contributed by atoms with van der Waals surface area (Å²) < 4.78 is 14.1. The minimum absolute atomic E-state index is 0.0132. The van der Waals surface area contributed by atoms with Crippen LogP contribution in [0.5, 0.6) is 0 Å². The number of nitrogens with zero attached hydrogens (tertiary/aromatic N) is 1. The Hall–Kier alpha value is -1.90. The number of rotatable bonds is 4. The van der Waals surface area contributed by atoms with Crippen molar-refractivity contribution in [3.8, 4) is 0 Å². The maximum Gasteiger partial charge on any atom is 0.269 e. The number of nitrogens with one attached hydrogen (secondary N) is 2. The number of carbonyl (C=O) groups excluding carboxylic acids is 1. The minimum Gasteiger partial charge on any atom is -0.323 e. The summed E-state index contributed by atoms with van der Waals surface area (Å²) in [6.07, 6.45) is 0. The van der Waals surface area contributed by atoms with Gasteiger partial charge in [0.15, 0.2) is 5.16 Å². The third kappa shape index (κ3) is 3.72. The van der Waals surface area contributed by atoms with E-state index in [9.17, 15) is 14.0 Å². The van der Waals surface area contributed by atoms with Gasteiger partial charge in [-0.05, 0) is 29.6 Å². The Labute approximate surface area is 142 Å². The fraction of sp³-hybridized carbons (Fsp3) is 0.0714. The Morgan fingerprint density at radius 1 is 1.43 bits per heavy atom. The fourth-order valence-corrected chi connectivity index (χ4v) is 3.38. The van der Waals surface area contributed by atoms with Crippen LogP contribution in [0.4, 0.5) is 10.1 Å². The van der Waals surface area contributed by atoms with Gasteiger partial charge in [-0.25, -0.2) is 9.37 Å². The highest BCUT2D eigenvalue weighted by molar-refractivity contribution is 7.99. The number of hydrogen-bond acceptors (Lipinski definition) is 5. The van der Waals surface area contributed by atoms with Crippen LogP contribution in [-0.2, 0) is 4.79 Å². The fourth-order valence-electron chi connectivity index (χ4n) is 1.83. The van der Waals surface area contributed by atoms with Crippen LogP contribution < -0.4 is 10.9 Å². The van der Waals surface area contributed by atoms with Gasteiger partial charge in [-0.1, -0.05) is 23.4 Å². The first-order chi connectivity index (χ1) is 11.0. The Bertz CT molecular complexity index is 941. The molecule has 0 fully saturated rings. The Kier molecular flexibility index (Phi) is 4.65. The highest BCUT2D eigenvalue weighted by atomic mass is 35.5. The molecular weight excluding hydrogens is 361 g/mol. The second kappa shape index (κ2) is 6.69. The molecule has 0 unspecified atom stereocenters. The highest BCUT2D eigenvalue weighted by Crippen LogP contribution is 2.21. The van der Waals surface area contributed by atoms with Crippen molar-refractivity contribution in [3.63, 3.8) is 0 Å². The SMILES string of the molecule is O=C(CSc1nc2ccsc2c(=O)[nH]1)Nc1ccc(Cl)cc1F. The molecule has 23 heavy (non-hydrogen) atoms. The number of H-pyrrole nitrogens is 1. The van der Waals surface area contributed by atoms with E-state index in [1.54, 1.807) is 11.4 Å². The molecule has 9 heteroatoms. The van der Waals surface area contributed by atoms with Crippen molar-refractivity contribution in [2.45, 2.75) is 5.16 Å². The number of thiophene rings is 1. The van der Waals surface area contributed by atoms with E-state index in [0.29, 0.717) is 15.4 Å². The van der Waals surface area contributed by atoms with E-state index in [4.69, 9.17) is 11.6 Å². The molecule has 0 spiro atoms. The van der Waals surface area contributed by atoms with Gasteiger partial charge in [0.25, 0.3) is 5.56 Å². The van der Waals surface area contributed by atoms with Crippen molar-refractivity contribution < 1.29 is 9.18 Å². The number of benzene rings is 1. The number of carbonyl (C=O) groups is 1. The lowest BCUT2D eigenvalue weighted by atomic mass is 10.3. The molecule has 0 saturated carbocycles. The predicted molar refractivity (Wildman–Crippen MR) is 91.0 cm³/mol. The van der Waals surface area contributed by atoms with E-state index < -0.39 is 11.7 Å². The highest BCUT2D eigenvalue weighted by Gasteiger charge is 2.10. The average molecular weight is 370 g/mol. The first kappa shape index (κ1) is 16.0. The monoisotopic (exact) mass is 369 g/mol. The summed E-state index contributed by atoms with van der Waals surface area (Å²) in [5, 5.41) is 4.81. The molecule has 0 radical (unpaired) electrons. The van der Waals surface area contributed by atoms with Gasteiger partial charge in [0.1, 0.15) is 10.5 Å². The first-order valence-corrected chi connectivity index (χ1v) is 8.62. The van der Waals surface area contributed by atoms with E-state index in [0.717, 1.165) is 17.8 Å².